The van der Waals surface area contributed by atoms with Crippen molar-refractivity contribution in [3.8, 4) is 59.2 Å². The molecule has 0 saturated carbocycles. The monoisotopic (exact) mass is 238 g/mol. The molecular formula is C19H10. The fraction of sp³-hybridized carbons (Fsp3) is 0.0526. The third-order valence-electron chi connectivity index (χ3n) is 1.74. The third kappa shape index (κ3) is 7.62. The van der Waals surface area contributed by atoms with Crippen molar-refractivity contribution in [1.29, 1.82) is 0 Å². The van der Waals surface area contributed by atoms with Gasteiger partial charge in [0.2, 0.25) is 0 Å². The minimum atomic E-state index is 0.934. The third-order valence-corrected chi connectivity index (χ3v) is 1.74. The van der Waals surface area contributed by atoms with Gasteiger partial charge >= 0.3 is 0 Å². The Kier molecular flexibility index (Phi) is 7.24. The molecule has 0 atom stereocenters. The van der Waals surface area contributed by atoms with E-state index in [1.165, 1.54) is 0 Å². The second-order valence-corrected chi connectivity index (χ2v) is 3.14. The quantitative estimate of drug-likeness (QED) is 0.609. The Morgan fingerprint density at radius 3 is 1.95 bits per heavy atom. The zero-order valence-electron chi connectivity index (χ0n) is 10.5. The minimum Gasteiger partial charge on any atom is -0.0792 e. The molecule has 1 rings (SSSR count). The maximum atomic E-state index is 2.91. The summed E-state index contributed by atoms with van der Waals surface area (Å²) >= 11 is 0. The lowest BCUT2D eigenvalue weighted by Gasteiger charge is -1.83. The maximum absolute atomic E-state index is 2.91. The standard InChI is InChI=1S/C19H10/c1-2-3-4-5-6-7-8-9-10-11-13-16-19-17-14-12-15-18-19/h2-3,12,14-15,17-18H,1H3/b3-2+. The van der Waals surface area contributed by atoms with Crippen molar-refractivity contribution in [2.45, 2.75) is 6.92 Å². The van der Waals surface area contributed by atoms with E-state index in [-0.39, 0.29) is 0 Å². The van der Waals surface area contributed by atoms with Gasteiger partial charge in [0, 0.05) is 5.56 Å². The van der Waals surface area contributed by atoms with Crippen LogP contribution in [0.25, 0.3) is 0 Å². The molecule has 0 unspecified atom stereocenters. The Balaban J connectivity index is 2.50. The lowest BCUT2D eigenvalue weighted by molar-refractivity contribution is 1.65. The van der Waals surface area contributed by atoms with Crippen LogP contribution < -0.4 is 0 Å². The molecule has 0 aliphatic rings. The molecule has 1 aromatic carbocycles. The molecule has 0 heterocycles. The normalized spacial score (nSPS) is 7.00. The van der Waals surface area contributed by atoms with Crippen LogP contribution >= 0.6 is 0 Å². The van der Waals surface area contributed by atoms with Gasteiger partial charge in [0.05, 0.1) is 0 Å². The molecule has 0 saturated heterocycles. The van der Waals surface area contributed by atoms with Crippen LogP contribution in [-0.2, 0) is 0 Å². The first-order chi connectivity index (χ1) is 9.43. The summed E-state index contributed by atoms with van der Waals surface area (Å²) in [4.78, 5) is 0. The molecule has 0 heteroatoms. The lowest BCUT2D eigenvalue weighted by Crippen LogP contribution is -1.68. The van der Waals surface area contributed by atoms with Crippen molar-refractivity contribution in [3.63, 3.8) is 0 Å². The fourth-order valence-electron chi connectivity index (χ4n) is 0.973. The van der Waals surface area contributed by atoms with E-state index in [1.807, 2.05) is 43.3 Å². The average Bonchev–Trinajstić information content (AvgIpc) is 2.46. The van der Waals surface area contributed by atoms with E-state index in [0.717, 1.165) is 5.56 Å². The summed E-state index contributed by atoms with van der Waals surface area (Å²) < 4.78 is 0. The summed E-state index contributed by atoms with van der Waals surface area (Å²) in [6.07, 6.45) is 3.57. The van der Waals surface area contributed by atoms with Gasteiger partial charge in [-0.25, -0.2) is 0 Å². The minimum absolute atomic E-state index is 0.934. The van der Waals surface area contributed by atoms with Gasteiger partial charge < -0.3 is 0 Å². The molecular weight excluding hydrogens is 228 g/mol. The smallest absolute Gasteiger partial charge is 0.0255 e. The Bertz CT molecular complexity index is 735. The van der Waals surface area contributed by atoms with Crippen molar-refractivity contribution < 1.29 is 0 Å². The Hall–Kier alpha value is -3.24. The van der Waals surface area contributed by atoms with E-state index in [9.17, 15) is 0 Å². The molecule has 1 aromatic rings. The maximum Gasteiger partial charge on any atom is 0.0255 e. The molecule has 0 aliphatic heterocycles. The van der Waals surface area contributed by atoms with Crippen LogP contribution in [0.4, 0.5) is 0 Å². The molecule has 0 N–H and O–H groups in total. The molecule has 0 spiro atoms. The van der Waals surface area contributed by atoms with Gasteiger partial charge in [0.1, 0.15) is 0 Å². The van der Waals surface area contributed by atoms with Gasteiger partial charge in [-0.3, -0.25) is 0 Å². The van der Waals surface area contributed by atoms with E-state index < -0.39 is 0 Å². The first-order valence-corrected chi connectivity index (χ1v) is 5.61. The molecule has 0 fully saturated rings. The number of hydrogen-bond donors (Lipinski definition) is 0. The average molecular weight is 238 g/mol. The van der Waals surface area contributed by atoms with E-state index >= 15 is 0 Å². The molecule has 0 nitrogen and oxygen atoms in total. The Labute approximate surface area is 114 Å². The molecule has 0 amide bonds. The van der Waals surface area contributed by atoms with E-state index in [2.05, 4.69) is 59.2 Å². The van der Waals surface area contributed by atoms with E-state index in [4.69, 9.17) is 0 Å². The summed E-state index contributed by atoms with van der Waals surface area (Å²) in [6, 6.07) is 9.66. The first kappa shape index (κ1) is 13.8. The lowest BCUT2D eigenvalue weighted by atomic mass is 10.2. The van der Waals surface area contributed by atoms with Crippen LogP contribution in [0, 0.1) is 59.2 Å². The van der Waals surface area contributed by atoms with Crippen molar-refractivity contribution in [3.05, 3.63) is 48.0 Å². The van der Waals surface area contributed by atoms with Crippen LogP contribution in [0.2, 0.25) is 0 Å². The summed E-state index contributed by atoms with van der Waals surface area (Å²) in [7, 11) is 0. The zero-order chi connectivity index (χ0) is 13.6. The molecule has 0 bridgehead atoms. The second kappa shape index (κ2) is 9.95. The van der Waals surface area contributed by atoms with Crippen molar-refractivity contribution in [2.75, 3.05) is 0 Å². The highest BCUT2D eigenvalue weighted by atomic mass is 13.8. The number of hydrogen-bond acceptors (Lipinski definition) is 0. The van der Waals surface area contributed by atoms with Crippen molar-refractivity contribution in [1.82, 2.24) is 0 Å². The highest BCUT2D eigenvalue weighted by Crippen LogP contribution is 1.93. The highest BCUT2D eigenvalue weighted by Gasteiger charge is 1.78. The van der Waals surface area contributed by atoms with Crippen LogP contribution in [0.1, 0.15) is 12.5 Å². The largest absolute Gasteiger partial charge is 0.0792 e. The highest BCUT2D eigenvalue weighted by molar-refractivity contribution is 5.45. The molecule has 19 heavy (non-hydrogen) atoms. The fourth-order valence-corrected chi connectivity index (χ4v) is 0.973. The zero-order valence-corrected chi connectivity index (χ0v) is 10.5. The summed E-state index contributed by atoms with van der Waals surface area (Å²) in [5.74, 6) is 26.6. The number of allylic oxidation sites excluding steroid dienone is 2. The summed E-state index contributed by atoms with van der Waals surface area (Å²) in [5.41, 5.74) is 0.934. The molecule has 0 radical (unpaired) electrons. The molecule has 0 aromatic heterocycles. The van der Waals surface area contributed by atoms with Gasteiger partial charge in [-0.1, -0.05) is 36.1 Å². The number of benzene rings is 1. The molecule has 86 valence electrons. The number of rotatable bonds is 0. The Morgan fingerprint density at radius 2 is 1.32 bits per heavy atom. The second-order valence-electron chi connectivity index (χ2n) is 3.14. The topological polar surface area (TPSA) is 0 Å². The van der Waals surface area contributed by atoms with Gasteiger partial charge in [0.15, 0.2) is 0 Å². The molecule has 0 aliphatic carbocycles. The van der Waals surface area contributed by atoms with Gasteiger partial charge in [-0.15, -0.1) is 0 Å². The summed E-state index contributed by atoms with van der Waals surface area (Å²) in [6.45, 7) is 1.90. The van der Waals surface area contributed by atoms with Gasteiger partial charge in [0.25, 0.3) is 0 Å². The predicted octanol–water partition coefficient (Wildman–Crippen LogP) is 2.63. The van der Waals surface area contributed by atoms with Crippen LogP contribution in [-0.4, -0.2) is 0 Å². The van der Waals surface area contributed by atoms with Gasteiger partial charge in [-0.05, 0) is 72.5 Å². The summed E-state index contributed by atoms with van der Waals surface area (Å²) in [5, 5.41) is 0. The van der Waals surface area contributed by atoms with Crippen molar-refractivity contribution >= 4 is 0 Å². The SMILES string of the molecule is C/C=C/C#CC#CC#CC#CC#Cc1ccccc1. The van der Waals surface area contributed by atoms with Gasteiger partial charge in [-0.2, -0.15) is 0 Å². The Morgan fingerprint density at radius 1 is 0.737 bits per heavy atom. The first-order valence-electron chi connectivity index (χ1n) is 5.61. The van der Waals surface area contributed by atoms with E-state index in [1.54, 1.807) is 6.08 Å². The van der Waals surface area contributed by atoms with Crippen LogP contribution in [0.5, 0.6) is 0 Å². The van der Waals surface area contributed by atoms with Crippen LogP contribution in [0.3, 0.4) is 0 Å². The van der Waals surface area contributed by atoms with E-state index in [0.29, 0.717) is 0 Å². The predicted molar refractivity (Wildman–Crippen MR) is 79.2 cm³/mol. The van der Waals surface area contributed by atoms with Crippen molar-refractivity contribution in [2.24, 2.45) is 0 Å². The van der Waals surface area contributed by atoms with Crippen LogP contribution in [0.15, 0.2) is 42.5 Å².